The van der Waals surface area contributed by atoms with Gasteiger partial charge in [0.2, 0.25) is 10.0 Å². The predicted octanol–water partition coefficient (Wildman–Crippen LogP) is 3.79. The molecule has 33 heavy (non-hydrogen) atoms. The summed E-state index contributed by atoms with van der Waals surface area (Å²) >= 11 is 1.21. The minimum atomic E-state index is -3.63. The fourth-order valence-corrected chi connectivity index (χ4v) is 6.60. The van der Waals surface area contributed by atoms with E-state index in [4.69, 9.17) is 4.74 Å². The normalized spacial score (nSPS) is 15.7. The fraction of sp³-hybridized carbons (Fsp3) is 0.391. The maximum absolute atomic E-state index is 14.4. The first-order valence-electron chi connectivity index (χ1n) is 10.8. The molecule has 0 atom stereocenters. The average molecular weight is 492 g/mol. The number of methoxy groups -OCH3 is 1. The van der Waals surface area contributed by atoms with Crippen LogP contribution in [0.3, 0.4) is 0 Å². The van der Waals surface area contributed by atoms with Crippen LogP contribution in [0.15, 0.2) is 52.4 Å². The molecule has 0 unspecified atom stereocenters. The van der Waals surface area contributed by atoms with E-state index in [0.29, 0.717) is 28.2 Å². The van der Waals surface area contributed by atoms with Crippen LogP contribution in [0.1, 0.15) is 36.0 Å². The van der Waals surface area contributed by atoms with Crippen LogP contribution in [0.4, 0.5) is 4.39 Å². The van der Waals surface area contributed by atoms with E-state index in [1.54, 1.807) is 30.9 Å². The molecular formula is C23H26FN3O4S2. The third-order valence-electron chi connectivity index (χ3n) is 5.99. The highest BCUT2D eigenvalue weighted by atomic mass is 32.2. The maximum atomic E-state index is 14.4. The minimum absolute atomic E-state index is 0.0159. The van der Waals surface area contributed by atoms with E-state index in [2.05, 4.69) is 4.99 Å². The number of ether oxygens (including phenoxy) is 1. The van der Waals surface area contributed by atoms with E-state index in [9.17, 15) is 17.6 Å². The molecule has 0 N–H and O–H groups in total. The predicted molar refractivity (Wildman–Crippen MR) is 125 cm³/mol. The SMILES string of the molecule is COCCn1c(=NC(=O)c2ccc(S(=O)(=O)N(C)C3CCCC3)cc2)sc2cccc(F)c21. The van der Waals surface area contributed by atoms with Crippen LogP contribution in [0.5, 0.6) is 0 Å². The van der Waals surface area contributed by atoms with Crippen molar-refractivity contribution in [3.8, 4) is 0 Å². The number of fused-ring (bicyclic) bond motifs is 1. The first-order valence-corrected chi connectivity index (χ1v) is 13.0. The number of hydrogen-bond acceptors (Lipinski definition) is 5. The zero-order valence-electron chi connectivity index (χ0n) is 18.5. The number of benzene rings is 2. The molecule has 3 aromatic rings. The average Bonchev–Trinajstić information content (AvgIpc) is 3.46. The summed E-state index contributed by atoms with van der Waals surface area (Å²) in [6.45, 7) is 0.677. The number of para-hydroxylation sites is 1. The van der Waals surface area contributed by atoms with Crippen molar-refractivity contribution in [2.45, 2.75) is 43.2 Å². The van der Waals surface area contributed by atoms with Gasteiger partial charge in [0.1, 0.15) is 5.82 Å². The zero-order valence-corrected chi connectivity index (χ0v) is 20.2. The zero-order chi connectivity index (χ0) is 23.6. The monoisotopic (exact) mass is 491 g/mol. The molecule has 0 bridgehead atoms. The van der Waals surface area contributed by atoms with Crippen LogP contribution in [0.2, 0.25) is 0 Å². The summed E-state index contributed by atoms with van der Waals surface area (Å²) < 4.78 is 49.2. The van der Waals surface area contributed by atoms with Gasteiger partial charge >= 0.3 is 0 Å². The lowest BCUT2D eigenvalue weighted by atomic mass is 10.2. The van der Waals surface area contributed by atoms with Crippen molar-refractivity contribution in [1.82, 2.24) is 8.87 Å². The number of carbonyl (C=O) groups excluding carboxylic acids is 1. The minimum Gasteiger partial charge on any atom is -0.383 e. The van der Waals surface area contributed by atoms with Gasteiger partial charge in [-0.15, -0.1) is 0 Å². The molecule has 0 spiro atoms. The molecule has 4 rings (SSSR count). The number of halogens is 1. The summed E-state index contributed by atoms with van der Waals surface area (Å²) in [5, 5.41) is 0. The molecule has 7 nitrogen and oxygen atoms in total. The number of hydrogen-bond donors (Lipinski definition) is 0. The molecule has 1 aliphatic rings. The summed E-state index contributed by atoms with van der Waals surface area (Å²) in [6, 6.07) is 10.6. The molecule has 1 amide bonds. The summed E-state index contributed by atoms with van der Waals surface area (Å²) in [6.07, 6.45) is 3.80. The van der Waals surface area contributed by atoms with Crippen molar-refractivity contribution in [3.63, 3.8) is 0 Å². The van der Waals surface area contributed by atoms with Crippen LogP contribution in [-0.4, -0.2) is 50.0 Å². The molecular weight excluding hydrogens is 465 g/mol. The van der Waals surface area contributed by atoms with Crippen LogP contribution in [0.25, 0.3) is 10.2 Å². The van der Waals surface area contributed by atoms with E-state index in [1.807, 2.05) is 0 Å². The Morgan fingerprint density at radius 2 is 1.91 bits per heavy atom. The molecule has 0 aliphatic heterocycles. The van der Waals surface area contributed by atoms with Gasteiger partial charge in [-0.1, -0.05) is 30.2 Å². The quantitative estimate of drug-likeness (QED) is 0.504. The van der Waals surface area contributed by atoms with Crippen LogP contribution >= 0.6 is 11.3 Å². The van der Waals surface area contributed by atoms with E-state index in [1.165, 1.54) is 46.0 Å². The highest BCUT2D eigenvalue weighted by molar-refractivity contribution is 7.89. The molecule has 1 fully saturated rings. The molecule has 0 radical (unpaired) electrons. The van der Waals surface area contributed by atoms with Crippen molar-refractivity contribution in [3.05, 3.63) is 58.6 Å². The van der Waals surface area contributed by atoms with Crippen molar-refractivity contribution in [2.24, 2.45) is 4.99 Å². The van der Waals surface area contributed by atoms with Gasteiger partial charge in [0.15, 0.2) is 4.80 Å². The van der Waals surface area contributed by atoms with Gasteiger partial charge in [-0.25, -0.2) is 12.8 Å². The van der Waals surface area contributed by atoms with Crippen LogP contribution < -0.4 is 4.80 Å². The lowest BCUT2D eigenvalue weighted by Crippen LogP contribution is -2.35. The highest BCUT2D eigenvalue weighted by Crippen LogP contribution is 2.27. The molecule has 1 heterocycles. The van der Waals surface area contributed by atoms with Crippen molar-refractivity contribution < 1.29 is 22.3 Å². The lowest BCUT2D eigenvalue weighted by molar-refractivity contribution is 0.0997. The second-order valence-electron chi connectivity index (χ2n) is 8.02. The first-order chi connectivity index (χ1) is 15.8. The summed E-state index contributed by atoms with van der Waals surface area (Å²) in [5.74, 6) is -0.920. The van der Waals surface area contributed by atoms with Gasteiger partial charge in [-0.05, 0) is 49.2 Å². The Morgan fingerprint density at radius 3 is 2.58 bits per heavy atom. The van der Waals surface area contributed by atoms with Crippen molar-refractivity contribution >= 4 is 37.5 Å². The van der Waals surface area contributed by atoms with E-state index >= 15 is 0 Å². The maximum Gasteiger partial charge on any atom is 0.279 e. The Hall–Kier alpha value is -2.40. The van der Waals surface area contributed by atoms with Crippen molar-refractivity contribution in [2.75, 3.05) is 20.8 Å². The summed E-state index contributed by atoms with van der Waals surface area (Å²) in [4.78, 5) is 17.6. The number of carbonyl (C=O) groups is 1. The van der Waals surface area contributed by atoms with Gasteiger partial charge in [0.05, 0.1) is 21.7 Å². The van der Waals surface area contributed by atoms with E-state index in [-0.39, 0.29) is 16.5 Å². The molecule has 2 aromatic carbocycles. The van der Waals surface area contributed by atoms with Gasteiger partial charge in [0.25, 0.3) is 5.91 Å². The van der Waals surface area contributed by atoms with Gasteiger partial charge in [0, 0.05) is 32.3 Å². The fourth-order valence-electron chi connectivity index (χ4n) is 4.11. The highest BCUT2D eigenvalue weighted by Gasteiger charge is 2.30. The summed E-state index contributed by atoms with van der Waals surface area (Å²) in [5.41, 5.74) is 0.635. The van der Waals surface area contributed by atoms with Crippen molar-refractivity contribution in [1.29, 1.82) is 0 Å². The largest absolute Gasteiger partial charge is 0.383 e. The second kappa shape index (κ2) is 9.84. The molecule has 1 aliphatic carbocycles. The number of nitrogens with zero attached hydrogens (tertiary/aromatic N) is 3. The molecule has 1 aromatic heterocycles. The van der Waals surface area contributed by atoms with Crippen LogP contribution in [-0.2, 0) is 21.3 Å². The third-order valence-corrected chi connectivity index (χ3v) is 8.95. The molecule has 0 saturated heterocycles. The van der Waals surface area contributed by atoms with Gasteiger partial charge in [-0.2, -0.15) is 9.30 Å². The van der Waals surface area contributed by atoms with E-state index in [0.717, 1.165) is 25.7 Å². The standard InChI is InChI=1S/C23H26FN3O4S2/c1-26(17-6-3-4-7-17)33(29,30)18-12-10-16(11-13-18)22(28)25-23-27(14-15-31-2)21-19(24)8-5-9-20(21)32-23/h5,8-13,17H,3-4,6-7,14-15H2,1-2H3. The molecule has 176 valence electrons. The molecule has 10 heteroatoms. The third kappa shape index (κ3) is 4.79. The first kappa shape index (κ1) is 23.7. The second-order valence-corrected chi connectivity index (χ2v) is 11.0. The topological polar surface area (TPSA) is 81.0 Å². The Labute approximate surface area is 196 Å². The number of rotatable bonds is 7. The molecule has 1 saturated carbocycles. The van der Waals surface area contributed by atoms with Gasteiger partial charge in [-0.3, -0.25) is 4.79 Å². The Kier molecular flexibility index (Phi) is 7.08. The Balaban J connectivity index is 1.64. The van der Waals surface area contributed by atoms with E-state index < -0.39 is 21.7 Å². The number of amides is 1. The smallest absolute Gasteiger partial charge is 0.279 e. The number of sulfonamides is 1. The Morgan fingerprint density at radius 1 is 1.21 bits per heavy atom. The summed E-state index contributed by atoms with van der Waals surface area (Å²) in [7, 11) is -0.470. The number of aromatic nitrogens is 1. The Bertz CT molecular complexity index is 1320. The lowest BCUT2D eigenvalue weighted by Gasteiger charge is -2.23. The van der Waals surface area contributed by atoms with Gasteiger partial charge < -0.3 is 9.30 Å². The number of thiazole rings is 1. The van der Waals surface area contributed by atoms with Crippen LogP contribution in [0, 0.1) is 5.82 Å².